The smallest absolute Gasteiger partial charge is 0.124 e. The molecule has 0 atom stereocenters. The number of hydrogen-bond donors (Lipinski definition) is 1. The fourth-order valence-electron chi connectivity index (χ4n) is 1.03. The van der Waals surface area contributed by atoms with Crippen LogP contribution in [0.1, 0.15) is 12.0 Å². The van der Waals surface area contributed by atoms with Crippen LogP contribution in [0.15, 0.2) is 6.20 Å². The van der Waals surface area contributed by atoms with Crippen molar-refractivity contribution in [3.63, 3.8) is 0 Å². The van der Waals surface area contributed by atoms with E-state index in [9.17, 15) is 0 Å². The molecule has 0 amide bonds. The molecule has 12 heavy (non-hydrogen) atoms. The Hall–Kier alpha value is -0.640. The summed E-state index contributed by atoms with van der Waals surface area (Å²) in [6.07, 6.45) is 5.05. The lowest BCUT2D eigenvalue weighted by Crippen LogP contribution is -2.05. The highest BCUT2D eigenvalue weighted by Gasteiger charge is 2.01. The number of nitrogens with zero attached hydrogens (tertiary/aromatic N) is 2. The lowest BCUT2D eigenvalue weighted by atomic mass is 10.4. The number of aromatic nitrogens is 2. The number of hydrogen-bond acceptors (Lipinski definition) is 3. The Kier molecular flexibility index (Phi) is 3.47. The van der Waals surface area contributed by atoms with Crippen LogP contribution in [0.5, 0.6) is 0 Å². The molecule has 2 N–H and O–H groups in total. The van der Waals surface area contributed by atoms with E-state index in [0.717, 1.165) is 24.3 Å². The monoisotopic (exact) mass is 185 g/mol. The Morgan fingerprint density at radius 1 is 1.67 bits per heavy atom. The van der Waals surface area contributed by atoms with E-state index < -0.39 is 0 Å². The molecule has 0 fully saturated rings. The van der Waals surface area contributed by atoms with Crippen LogP contribution < -0.4 is 5.73 Å². The minimum absolute atomic E-state index is 0.802. The van der Waals surface area contributed by atoms with Crippen molar-refractivity contribution in [2.75, 3.05) is 17.7 Å². The van der Waals surface area contributed by atoms with Gasteiger partial charge in [-0.3, -0.25) is 0 Å². The fraction of sp³-hybridized carbons (Fsp3) is 0.625. The van der Waals surface area contributed by atoms with Crippen LogP contribution in [0.4, 0.5) is 5.82 Å². The standard InChI is InChI=1S/C8H15N3S/c1-7-6-10-11(8(7)9)4-3-5-12-2/h6H,3-5,9H2,1-2H3. The third-order valence-electron chi connectivity index (χ3n) is 1.79. The molecule has 0 spiro atoms. The molecule has 0 bridgehead atoms. The third-order valence-corrected chi connectivity index (χ3v) is 2.49. The second kappa shape index (κ2) is 4.40. The van der Waals surface area contributed by atoms with Crippen molar-refractivity contribution in [3.8, 4) is 0 Å². The summed E-state index contributed by atoms with van der Waals surface area (Å²) in [5.41, 5.74) is 6.85. The van der Waals surface area contributed by atoms with E-state index >= 15 is 0 Å². The molecule has 0 aliphatic rings. The van der Waals surface area contributed by atoms with Crippen LogP contribution >= 0.6 is 11.8 Å². The number of nitrogen functional groups attached to an aromatic ring is 1. The van der Waals surface area contributed by atoms with Crippen molar-refractivity contribution in [1.82, 2.24) is 9.78 Å². The number of rotatable bonds is 4. The van der Waals surface area contributed by atoms with Gasteiger partial charge in [0, 0.05) is 12.1 Å². The lowest BCUT2D eigenvalue weighted by molar-refractivity contribution is 0.615. The summed E-state index contributed by atoms with van der Waals surface area (Å²) in [5, 5.41) is 4.17. The molecule has 0 unspecified atom stereocenters. The van der Waals surface area contributed by atoms with E-state index in [-0.39, 0.29) is 0 Å². The van der Waals surface area contributed by atoms with Gasteiger partial charge in [0.15, 0.2) is 0 Å². The summed E-state index contributed by atoms with van der Waals surface area (Å²) in [6, 6.07) is 0. The summed E-state index contributed by atoms with van der Waals surface area (Å²) in [4.78, 5) is 0. The molecule has 3 nitrogen and oxygen atoms in total. The van der Waals surface area contributed by atoms with E-state index in [1.165, 1.54) is 5.75 Å². The predicted molar refractivity (Wildman–Crippen MR) is 54.4 cm³/mol. The van der Waals surface area contributed by atoms with Gasteiger partial charge in [0.05, 0.1) is 6.20 Å². The predicted octanol–water partition coefficient (Wildman–Crippen LogP) is 1.53. The topological polar surface area (TPSA) is 43.8 Å². The number of thioether (sulfide) groups is 1. The van der Waals surface area contributed by atoms with Crippen molar-refractivity contribution in [1.29, 1.82) is 0 Å². The molecule has 68 valence electrons. The molecule has 1 rings (SSSR count). The van der Waals surface area contributed by atoms with Gasteiger partial charge >= 0.3 is 0 Å². The van der Waals surface area contributed by atoms with Crippen LogP contribution in [-0.4, -0.2) is 21.8 Å². The highest BCUT2D eigenvalue weighted by Crippen LogP contribution is 2.09. The summed E-state index contributed by atoms with van der Waals surface area (Å²) >= 11 is 1.85. The van der Waals surface area contributed by atoms with E-state index in [2.05, 4.69) is 11.4 Å². The quantitative estimate of drug-likeness (QED) is 0.723. The first-order chi connectivity index (χ1) is 5.75. The van der Waals surface area contributed by atoms with Crippen LogP contribution in [0.25, 0.3) is 0 Å². The zero-order valence-electron chi connectivity index (χ0n) is 7.58. The fourth-order valence-corrected chi connectivity index (χ4v) is 1.44. The first-order valence-electron chi connectivity index (χ1n) is 4.02. The van der Waals surface area contributed by atoms with Crippen LogP contribution in [0.2, 0.25) is 0 Å². The van der Waals surface area contributed by atoms with Gasteiger partial charge in [-0.1, -0.05) is 0 Å². The first-order valence-corrected chi connectivity index (χ1v) is 5.42. The summed E-state index contributed by atoms with van der Waals surface area (Å²) in [5.74, 6) is 1.97. The maximum absolute atomic E-state index is 5.78. The largest absolute Gasteiger partial charge is 0.384 e. The zero-order valence-corrected chi connectivity index (χ0v) is 8.40. The average molecular weight is 185 g/mol. The minimum atomic E-state index is 0.802. The summed E-state index contributed by atoms with van der Waals surface area (Å²) in [7, 11) is 0. The highest BCUT2D eigenvalue weighted by molar-refractivity contribution is 7.98. The lowest BCUT2D eigenvalue weighted by Gasteiger charge is -2.02. The molecule has 0 aliphatic carbocycles. The molecule has 0 aromatic carbocycles. The van der Waals surface area contributed by atoms with Gasteiger partial charge in [0.2, 0.25) is 0 Å². The molecular formula is C8H15N3S. The van der Waals surface area contributed by atoms with E-state index in [4.69, 9.17) is 5.73 Å². The maximum atomic E-state index is 5.78. The molecular weight excluding hydrogens is 170 g/mol. The summed E-state index contributed by atoms with van der Waals surface area (Å²) < 4.78 is 1.87. The second-order valence-electron chi connectivity index (χ2n) is 2.78. The van der Waals surface area contributed by atoms with Gasteiger partial charge in [-0.15, -0.1) is 0 Å². The second-order valence-corrected chi connectivity index (χ2v) is 3.77. The molecule has 4 heteroatoms. The normalized spacial score (nSPS) is 10.5. The zero-order chi connectivity index (χ0) is 8.97. The highest BCUT2D eigenvalue weighted by atomic mass is 32.2. The Morgan fingerprint density at radius 3 is 2.92 bits per heavy atom. The van der Waals surface area contributed by atoms with Gasteiger partial charge in [-0.2, -0.15) is 16.9 Å². The van der Waals surface area contributed by atoms with E-state index in [1.807, 2.05) is 29.6 Å². The molecule has 1 aromatic rings. The van der Waals surface area contributed by atoms with Gasteiger partial charge in [0.1, 0.15) is 5.82 Å². The first kappa shape index (κ1) is 9.45. The minimum Gasteiger partial charge on any atom is -0.384 e. The Balaban J connectivity index is 2.46. The SMILES string of the molecule is CSCCCn1ncc(C)c1N. The Morgan fingerprint density at radius 2 is 2.42 bits per heavy atom. The summed E-state index contributed by atoms with van der Waals surface area (Å²) in [6.45, 7) is 2.91. The number of nitrogens with two attached hydrogens (primary N) is 1. The van der Waals surface area contributed by atoms with Gasteiger partial charge in [0.25, 0.3) is 0 Å². The van der Waals surface area contributed by atoms with Gasteiger partial charge < -0.3 is 5.73 Å². The van der Waals surface area contributed by atoms with Gasteiger partial charge in [-0.05, 0) is 25.4 Å². The number of anilines is 1. The van der Waals surface area contributed by atoms with Crippen molar-refractivity contribution in [3.05, 3.63) is 11.8 Å². The van der Waals surface area contributed by atoms with Crippen LogP contribution in [0.3, 0.4) is 0 Å². The molecule has 0 saturated carbocycles. The average Bonchev–Trinajstić information content (AvgIpc) is 2.36. The third kappa shape index (κ3) is 2.17. The molecule has 1 aromatic heterocycles. The van der Waals surface area contributed by atoms with E-state index in [0.29, 0.717) is 0 Å². The Bertz CT molecular complexity index is 244. The number of aryl methyl sites for hydroxylation is 2. The van der Waals surface area contributed by atoms with E-state index in [1.54, 1.807) is 0 Å². The Labute approximate surface area is 77.3 Å². The van der Waals surface area contributed by atoms with Crippen LogP contribution in [0, 0.1) is 6.92 Å². The molecule has 0 aliphatic heterocycles. The van der Waals surface area contributed by atoms with Crippen molar-refractivity contribution >= 4 is 17.6 Å². The maximum Gasteiger partial charge on any atom is 0.124 e. The van der Waals surface area contributed by atoms with Crippen molar-refractivity contribution in [2.24, 2.45) is 0 Å². The van der Waals surface area contributed by atoms with Crippen molar-refractivity contribution < 1.29 is 0 Å². The molecule has 1 heterocycles. The molecule has 0 saturated heterocycles. The van der Waals surface area contributed by atoms with Crippen molar-refractivity contribution in [2.45, 2.75) is 19.9 Å². The van der Waals surface area contributed by atoms with Crippen LogP contribution in [-0.2, 0) is 6.54 Å². The van der Waals surface area contributed by atoms with Gasteiger partial charge in [-0.25, -0.2) is 4.68 Å². The molecule has 0 radical (unpaired) electrons.